The number of alkyl halides is 3. The molecular weight excluding hydrogens is 356 g/mol. The molecule has 0 bridgehead atoms. The SMILES string of the molecule is Cc1ccc(CN2CCC(Nc3nnc(C(F)(F)F)s3)CC2)cc1F. The molecule has 1 N–H and O–H groups in total. The van der Waals surface area contributed by atoms with Crippen molar-refractivity contribution in [1.29, 1.82) is 0 Å². The fraction of sp³-hybridized carbons (Fsp3) is 0.500. The van der Waals surface area contributed by atoms with Crippen LogP contribution in [0.15, 0.2) is 18.2 Å². The largest absolute Gasteiger partial charge is 0.445 e. The van der Waals surface area contributed by atoms with Crippen molar-refractivity contribution in [1.82, 2.24) is 15.1 Å². The number of halogens is 4. The van der Waals surface area contributed by atoms with Crippen LogP contribution < -0.4 is 5.32 Å². The van der Waals surface area contributed by atoms with E-state index in [4.69, 9.17) is 0 Å². The van der Waals surface area contributed by atoms with Crippen LogP contribution in [0.1, 0.15) is 29.0 Å². The number of benzene rings is 1. The van der Waals surface area contributed by atoms with Crippen LogP contribution in [0.2, 0.25) is 0 Å². The summed E-state index contributed by atoms with van der Waals surface area (Å²) in [5.74, 6) is -0.203. The summed E-state index contributed by atoms with van der Waals surface area (Å²) in [6.07, 6.45) is -2.88. The number of nitrogens with one attached hydrogen (secondary N) is 1. The molecule has 0 unspecified atom stereocenters. The molecule has 3 rings (SSSR count). The zero-order valence-corrected chi connectivity index (χ0v) is 14.4. The predicted octanol–water partition coefficient (Wildman–Crippen LogP) is 4.08. The molecule has 1 aromatic heterocycles. The minimum Gasteiger partial charge on any atom is -0.357 e. The molecule has 1 aromatic carbocycles. The van der Waals surface area contributed by atoms with Gasteiger partial charge in [-0.3, -0.25) is 4.90 Å². The van der Waals surface area contributed by atoms with E-state index < -0.39 is 11.2 Å². The predicted molar refractivity (Wildman–Crippen MR) is 88.0 cm³/mol. The highest BCUT2D eigenvalue weighted by atomic mass is 32.1. The molecule has 1 saturated heterocycles. The molecule has 0 amide bonds. The number of aryl methyl sites for hydroxylation is 1. The van der Waals surface area contributed by atoms with E-state index in [1.165, 1.54) is 0 Å². The average Bonchev–Trinajstić information content (AvgIpc) is 3.02. The summed E-state index contributed by atoms with van der Waals surface area (Å²) in [4.78, 5) is 2.21. The van der Waals surface area contributed by atoms with Gasteiger partial charge in [0.1, 0.15) is 5.82 Å². The number of anilines is 1. The number of nitrogens with zero attached hydrogens (tertiary/aromatic N) is 3. The summed E-state index contributed by atoms with van der Waals surface area (Å²) in [5.41, 5.74) is 1.55. The third-order valence-corrected chi connectivity index (χ3v) is 5.12. The maximum absolute atomic E-state index is 13.6. The summed E-state index contributed by atoms with van der Waals surface area (Å²) >= 11 is 0.526. The van der Waals surface area contributed by atoms with E-state index >= 15 is 0 Å². The van der Waals surface area contributed by atoms with Gasteiger partial charge >= 0.3 is 6.18 Å². The molecule has 0 radical (unpaired) electrons. The smallest absolute Gasteiger partial charge is 0.357 e. The first kappa shape index (κ1) is 18.1. The fourth-order valence-corrected chi connectivity index (χ4v) is 3.49. The Kier molecular flexibility index (Phi) is 5.24. The summed E-state index contributed by atoms with van der Waals surface area (Å²) in [7, 11) is 0. The Labute approximate surface area is 146 Å². The molecule has 2 heterocycles. The molecule has 0 saturated carbocycles. The molecule has 0 atom stereocenters. The maximum atomic E-state index is 13.6. The van der Waals surface area contributed by atoms with E-state index in [0.717, 1.165) is 31.5 Å². The first-order valence-corrected chi connectivity index (χ1v) is 8.77. The number of hydrogen-bond donors (Lipinski definition) is 1. The number of likely N-dealkylation sites (tertiary alicyclic amines) is 1. The molecule has 25 heavy (non-hydrogen) atoms. The third-order valence-electron chi connectivity index (χ3n) is 4.23. The number of hydrogen-bond acceptors (Lipinski definition) is 5. The van der Waals surface area contributed by atoms with Crippen LogP contribution >= 0.6 is 11.3 Å². The van der Waals surface area contributed by atoms with Crippen molar-refractivity contribution in [2.24, 2.45) is 0 Å². The van der Waals surface area contributed by atoms with Crippen molar-refractivity contribution in [2.75, 3.05) is 18.4 Å². The highest BCUT2D eigenvalue weighted by Gasteiger charge is 2.36. The fourth-order valence-electron chi connectivity index (χ4n) is 2.80. The Morgan fingerprint density at radius 1 is 1.24 bits per heavy atom. The second-order valence-corrected chi connectivity index (χ2v) is 7.17. The van der Waals surface area contributed by atoms with E-state index in [1.807, 2.05) is 6.07 Å². The van der Waals surface area contributed by atoms with Crippen LogP contribution in [0.3, 0.4) is 0 Å². The molecule has 4 nitrogen and oxygen atoms in total. The van der Waals surface area contributed by atoms with E-state index in [9.17, 15) is 17.6 Å². The molecule has 136 valence electrons. The lowest BCUT2D eigenvalue weighted by Crippen LogP contribution is -2.38. The van der Waals surface area contributed by atoms with Crippen molar-refractivity contribution in [3.63, 3.8) is 0 Å². The van der Waals surface area contributed by atoms with Gasteiger partial charge in [0.15, 0.2) is 0 Å². The molecule has 0 aliphatic carbocycles. The van der Waals surface area contributed by atoms with E-state index in [0.29, 0.717) is 23.4 Å². The van der Waals surface area contributed by atoms with Gasteiger partial charge < -0.3 is 5.32 Å². The molecule has 9 heteroatoms. The topological polar surface area (TPSA) is 41.0 Å². The highest BCUT2D eigenvalue weighted by Crippen LogP contribution is 2.33. The third kappa shape index (κ3) is 4.66. The average molecular weight is 374 g/mol. The Morgan fingerprint density at radius 3 is 2.56 bits per heavy atom. The first-order chi connectivity index (χ1) is 11.8. The Bertz CT molecular complexity index is 723. The molecule has 2 aromatic rings. The van der Waals surface area contributed by atoms with Gasteiger partial charge in [0.25, 0.3) is 0 Å². The minimum atomic E-state index is -4.45. The molecule has 1 aliphatic heterocycles. The summed E-state index contributed by atoms with van der Waals surface area (Å²) < 4.78 is 51.2. The van der Waals surface area contributed by atoms with Crippen LogP contribution in [0, 0.1) is 12.7 Å². The quantitative estimate of drug-likeness (QED) is 0.819. The first-order valence-electron chi connectivity index (χ1n) is 7.96. The highest BCUT2D eigenvalue weighted by molar-refractivity contribution is 7.15. The van der Waals surface area contributed by atoms with Gasteiger partial charge in [0, 0.05) is 25.7 Å². The monoisotopic (exact) mass is 374 g/mol. The van der Waals surface area contributed by atoms with Gasteiger partial charge in [-0.1, -0.05) is 23.5 Å². The van der Waals surface area contributed by atoms with Crippen molar-refractivity contribution >= 4 is 16.5 Å². The van der Waals surface area contributed by atoms with Crippen LogP contribution in [0.4, 0.5) is 22.7 Å². The van der Waals surface area contributed by atoms with E-state index in [-0.39, 0.29) is 17.0 Å². The van der Waals surface area contributed by atoms with Gasteiger partial charge in [0.2, 0.25) is 10.1 Å². The van der Waals surface area contributed by atoms with Crippen LogP contribution in [-0.2, 0) is 12.7 Å². The standard InChI is InChI=1S/C16H18F4N4S/c1-10-2-3-11(8-13(10)17)9-24-6-4-12(5-7-24)21-15-23-22-14(25-15)16(18,19)20/h2-3,8,12H,4-7,9H2,1H3,(H,21,23). The molecule has 1 aliphatic rings. The van der Waals surface area contributed by atoms with Crippen LogP contribution in [0.5, 0.6) is 0 Å². The zero-order valence-electron chi connectivity index (χ0n) is 13.6. The zero-order chi connectivity index (χ0) is 18.0. The number of rotatable bonds is 4. The normalized spacial score (nSPS) is 17.0. The van der Waals surface area contributed by atoms with E-state index in [2.05, 4.69) is 20.4 Å². The summed E-state index contributed by atoms with van der Waals surface area (Å²) in [6, 6.07) is 5.31. The van der Waals surface area contributed by atoms with Crippen molar-refractivity contribution in [3.8, 4) is 0 Å². The van der Waals surface area contributed by atoms with Gasteiger partial charge in [-0.15, -0.1) is 10.2 Å². The second-order valence-electron chi connectivity index (χ2n) is 6.19. The Hall–Kier alpha value is -1.74. The lowest BCUT2D eigenvalue weighted by atomic mass is 10.0. The van der Waals surface area contributed by atoms with Gasteiger partial charge in [-0.05, 0) is 37.0 Å². The summed E-state index contributed by atoms with van der Waals surface area (Å²) in [6.45, 7) is 3.98. The van der Waals surface area contributed by atoms with Crippen LogP contribution in [0.25, 0.3) is 0 Å². The lowest BCUT2D eigenvalue weighted by molar-refractivity contribution is -0.138. The molecule has 1 fully saturated rings. The second kappa shape index (κ2) is 7.25. The Balaban J connectivity index is 1.50. The van der Waals surface area contributed by atoms with Crippen molar-refractivity contribution in [3.05, 3.63) is 40.2 Å². The molecular formula is C16H18F4N4S. The van der Waals surface area contributed by atoms with Crippen molar-refractivity contribution < 1.29 is 17.6 Å². The van der Waals surface area contributed by atoms with Crippen LogP contribution in [-0.4, -0.2) is 34.2 Å². The maximum Gasteiger partial charge on any atom is 0.445 e. The lowest BCUT2D eigenvalue weighted by Gasteiger charge is -2.32. The van der Waals surface area contributed by atoms with Gasteiger partial charge in [-0.25, -0.2) is 4.39 Å². The summed E-state index contributed by atoms with van der Waals surface area (Å²) in [5, 5.41) is 9.03. The number of piperidine rings is 1. The minimum absolute atomic E-state index is 0.0695. The van der Waals surface area contributed by atoms with Crippen molar-refractivity contribution in [2.45, 2.75) is 38.5 Å². The Morgan fingerprint density at radius 2 is 1.96 bits per heavy atom. The van der Waals surface area contributed by atoms with Gasteiger partial charge in [0.05, 0.1) is 0 Å². The van der Waals surface area contributed by atoms with Gasteiger partial charge in [-0.2, -0.15) is 13.2 Å². The number of aromatic nitrogens is 2. The molecule has 0 spiro atoms. The van der Waals surface area contributed by atoms with E-state index in [1.54, 1.807) is 19.1 Å².